The minimum Gasteiger partial charge on any atom is -0.355 e. The zero-order valence-corrected chi connectivity index (χ0v) is 10.5. The van der Waals surface area contributed by atoms with Gasteiger partial charge in [0, 0.05) is 12.6 Å². The lowest BCUT2D eigenvalue weighted by atomic mass is 10.0. The number of nitrogens with one attached hydrogen (secondary N) is 2. The first-order valence-corrected chi connectivity index (χ1v) is 6.03. The van der Waals surface area contributed by atoms with Crippen LogP contribution in [-0.2, 0) is 0 Å². The highest BCUT2D eigenvalue weighted by Crippen LogP contribution is 2.23. The third kappa shape index (κ3) is 2.08. The summed E-state index contributed by atoms with van der Waals surface area (Å²) in [5.41, 5.74) is 4.79. The van der Waals surface area contributed by atoms with Crippen molar-refractivity contribution in [1.82, 2.24) is 15.3 Å². The summed E-state index contributed by atoms with van der Waals surface area (Å²) >= 11 is 0. The molecular formula is C15H13N3O. The molecule has 0 aliphatic carbocycles. The molecule has 3 rings (SSSR count). The molecule has 94 valence electrons. The minimum absolute atomic E-state index is 0.0735. The van der Waals surface area contributed by atoms with E-state index in [2.05, 4.69) is 21.4 Å². The van der Waals surface area contributed by atoms with Gasteiger partial charge in [-0.2, -0.15) is 0 Å². The van der Waals surface area contributed by atoms with Crippen LogP contribution in [0, 0.1) is 0 Å². The highest BCUT2D eigenvalue weighted by Gasteiger charge is 2.04. The molecule has 0 saturated carbocycles. The maximum Gasteiger partial charge on any atom is 0.251 e. The SMILES string of the molecule is CNC(=O)c1ccc(-c2ccc3nc[nH]c3c2)cc1. The van der Waals surface area contributed by atoms with Crippen LogP contribution in [0.15, 0.2) is 48.8 Å². The van der Waals surface area contributed by atoms with Gasteiger partial charge in [-0.05, 0) is 35.4 Å². The second kappa shape index (κ2) is 4.57. The van der Waals surface area contributed by atoms with Crippen LogP contribution in [0.5, 0.6) is 0 Å². The van der Waals surface area contributed by atoms with E-state index in [1.807, 2.05) is 36.4 Å². The monoisotopic (exact) mass is 251 g/mol. The van der Waals surface area contributed by atoms with Gasteiger partial charge in [-0.1, -0.05) is 18.2 Å². The summed E-state index contributed by atoms with van der Waals surface area (Å²) in [6.45, 7) is 0. The molecular weight excluding hydrogens is 238 g/mol. The summed E-state index contributed by atoms with van der Waals surface area (Å²) in [4.78, 5) is 18.8. The molecule has 4 nitrogen and oxygen atoms in total. The molecule has 2 aromatic carbocycles. The van der Waals surface area contributed by atoms with Crippen LogP contribution in [-0.4, -0.2) is 22.9 Å². The predicted octanol–water partition coefficient (Wildman–Crippen LogP) is 2.59. The molecule has 2 N–H and O–H groups in total. The van der Waals surface area contributed by atoms with Crippen LogP contribution in [0.25, 0.3) is 22.2 Å². The molecule has 0 aliphatic rings. The number of amides is 1. The Hall–Kier alpha value is -2.62. The van der Waals surface area contributed by atoms with Crippen LogP contribution in [0.3, 0.4) is 0 Å². The molecule has 0 atom stereocenters. The Balaban J connectivity index is 1.99. The minimum atomic E-state index is -0.0735. The first-order chi connectivity index (χ1) is 9.28. The van der Waals surface area contributed by atoms with Crippen LogP contribution in [0.2, 0.25) is 0 Å². The molecule has 0 saturated heterocycles. The average molecular weight is 251 g/mol. The molecule has 1 amide bonds. The Morgan fingerprint density at radius 3 is 2.58 bits per heavy atom. The lowest BCUT2D eigenvalue weighted by molar-refractivity contribution is 0.0963. The molecule has 0 unspecified atom stereocenters. The number of H-pyrrole nitrogens is 1. The van der Waals surface area contributed by atoms with Crippen LogP contribution < -0.4 is 5.32 Å². The lowest BCUT2D eigenvalue weighted by Gasteiger charge is -2.04. The normalized spacial score (nSPS) is 10.6. The van der Waals surface area contributed by atoms with E-state index in [0.29, 0.717) is 5.56 Å². The fourth-order valence-electron chi connectivity index (χ4n) is 2.07. The number of aromatic nitrogens is 2. The largest absolute Gasteiger partial charge is 0.355 e. The molecule has 19 heavy (non-hydrogen) atoms. The third-order valence-corrected chi connectivity index (χ3v) is 3.13. The molecule has 0 aliphatic heterocycles. The standard InChI is InChI=1S/C15H13N3O/c1-16-15(19)11-4-2-10(3-5-11)12-6-7-13-14(8-12)18-9-17-13/h2-9H,1H3,(H,16,19)(H,17,18). The Labute approximate surface area is 110 Å². The molecule has 1 aromatic heterocycles. The summed E-state index contributed by atoms with van der Waals surface area (Å²) in [5, 5.41) is 2.61. The van der Waals surface area contributed by atoms with E-state index in [4.69, 9.17) is 0 Å². The highest BCUT2D eigenvalue weighted by molar-refractivity contribution is 5.94. The first kappa shape index (κ1) is 11.5. The summed E-state index contributed by atoms with van der Waals surface area (Å²) in [7, 11) is 1.63. The van der Waals surface area contributed by atoms with Crippen LogP contribution in [0.1, 0.15) is 10.4 Å². The van der Waals surface area contributed by atoms with Crippen LogP contribution >= 0.6 is 0 Å². The molecule has 3 aromatic rings. The van der Waals surface area contributed by atoms with Crippen molar-refractivity contribution in [3.05, 3.63) is 54.4 Å². The lowest BCUT2D eigenvalue weighted by Crippen LogP contribution is -2.17. The van der Waals surface area contributed by atoms with Crippen molar-refractivity contribution in [2.75, 3.05) is 7.05 Å². The fourth-order valence-corrected chi connectivity index (χ4v) is 2.07. The van der Waals surface area contributed by atoms with E-state index in [1.165, 1.54) is 0 Å². The number of nitrogens with zero attached hydrogens (tertiary/aromatic N) is 1. The van der Waals surface area contributed by atoms with Gasteiger partial charge >= 0.3 is 0 Å². The van der Waals surface area contributed by atoms with Crippen molar-refractivity contribution < 1.29 is 4.79 Å². The molecule has 0 spiro atoms. The first-order valence-electron chi connectivity index (χ1n) is 6.03. The van der Waals surface area contributed by atoms with Crippen molar-refractivity contribution in [2.45, 2.75) is 0 Å². The van der Waals surface area contributed by atoms with Gasteiger partial charge in [0.05, 0.1) is 17.4 Å². The van der Waals surface area contributed by atoms with Crippen molar-refractivity contribution >= 4 is 16.9 Å². The number of hydrogen-bond acceptors (Lipinski definition) is 2. The number of fused-ring (bicyclic) bond motifs is 1. The number of aromatic amines is 1. The summed E-state index contributed by atoms with van der Waals surface area (Å²) in [6.07, 6.45) is 1.68. The van der Waals surface area contributed by atoms with E-state index >= 15 is 0 Å². The zero-order valence-electron chi connectivity index (χ0n) is 10.5. The van der Waals surface area contributed by atoms with Gasteiger partial charge in [0.2, 0.25) is 0 Å². The second-order valence-corrected chi connectivity index (χ2v) is 4.29. The van der Waals surface area contributed by atoms with Gasteiger partial charge in [-0.3, -0.25) is 4.79 Å². The maximum atomic E-state index is 11.5. The summed E-state index contributed by atoms with van der Waals surface area (Å²) in [6, 6.07) is 13.6. The molecule has 0 radical (unpaired) electrons. The highest BCUT2D eigenvalue weighted by atomic mass is 16.1. The molecule has 4 heteroatoms. The molecule has 0 fully saturated rings. The quantitative estimate of drug-likeness (QED) is 0.735. The number of carbonyl (C=O) groups excluding carboxylic acids is 1. The summed E-state index contributed by atoms with van der Waals surface area (Å²) < 4.78 is 0. The Morgan fingerprint density at radius 2 is 1.84 bits per heavy atom. The van der Waals surface area contributed by atoms with E-state index in [9.17, 15) is 4.79 Å². The Morgan fingerprint density at radius 1 is 1.11 bits per heavy atom. The van der Waals surface area contributed by atoms with Gasteiger partial charge in [0.1, 0.15) is 0 Å². The number of carbonyl (C=O) groups is 1. The third-order valence-electron chi connectivity index (χ3n) is 3.13. The number of imidazole rings is 1. The Kier molecular flexibility index (Phi) is 2.76. The van der Waals surface area contributed by atoms with E-state index < -0.39 is 0 Å². The second-order valence-electron chi connectivity index (χ2n) is 4.29. The number of hydrogen-bond donors (Lipinski definition) is 2. The van der Waals surface area contributed by atoms with Crippen molar-refractivity contribution in [1.29, 1.82) is 0 Å². The smallest absolute Gasteiger partial charge is 0.251 e. The summed E-state index contributed by atoms with van der Waals surface area (Å²) in [5.74, 6) is -0.0735. The Bertz CT molecular complexity index is 728. The van der Waals surface area contributed by atoms with Gasteiger partial charge < -0.3 is 10.3 Å². The van der Waals surface area contributed by atoms with E-state index in [-0.39, 0.29) is 5.91 Å². The van der Waals surface area contributed by atoms with Gasteiger partial charge in [0.15, 0.2) is 0 Å². The van der Waals surface area contributed by atoms with Gasteiger partial charge in [-0.15, -0.1) is 0 Å². The molecule has 0 bridgehead atoms. The van der Waals surface area contributed by atoms with E-state index in [0.717, 1.165) is 22.2 Å². The topological polar surface area (TPSA) is 57.8 Å². The van der Waals surface area contributed by atoms with Gasteiger partial charge in [-0.25, -0.2) is 4.98 Å². The van der Waals surface area contributed by atoms with Gasteiger partial charge in [0.25, 0.3) is 5.91 Å². The fraction of sp³-hybridized carbons (Fsp3) is 0.0667. The zero-order chi connectivity index (χ0) is 13.2. The number of rotatable bonds is 2. The van der Waals surface area contributed by atoms with Crippen molar-refractivity contribution in [2.24, 2.45) is 0 Å². The van der Waals surface area contributed by atoms with Crippen molar-refractivity contribution in [3.63, 3.8) is 0 Å². The van der Waals surface area contributed by atoms with Crippen LogP contribution in [0.4, 0.5) is 0 Å². The predicted molar refractivity (Wildman–Crippen MR) is 74.9 cm³/mol. The molecule has 1 heterocycles. The number of benzene rings is 2. The average Bonchev–Trinajstić information content (AvgIpc) is 2.94. The maximum absolute atomic E-state index is 11.5. The van der Waals surface area contributed by atoms with E-state index in [1.54, 1.807) is 13.4 Å². The van der Waals surface area contributed by atoms with Crippen molar-refractivity contribution in [3.8, 4) is 11.1 Å².